The molecule has 4 aliphatic rings. The van der Waals surface area contributed by atoms with Crippen LogP contribution in [0.25, 0.3) is 0 Å². The first-order valence-electron chi connectivity index (χ1n) is 12.2. The number of allylic oxidation sites excluding steroid dienone is 3. The number of fused-ring (bicyclic) bond motifs is 1. The Hall–Kier alpha value is -1.05. The summed E-state index contributed by atoms with van der Waals surface area (Å²) < 4.78 is 0. The second-order valence-corrected chi connectivity index (χ2v) is 11.7. The minimum atomic E-state index is 0.0251. The number of carbonyl (C=O) groups excluding carboxylic acids is 1. The van der Waals surface area contributed by atoms with Crippen molar-refractivity contribution in [1.29, 1.82) is 0 Å². The van der Waals surface area contributed by atoms with E-state index >= 15 is 0 Å². The van der Waals surface area contributed by atoms with Crippen molar-refractivity contribution >= 4 is 39.1 Å². The smallest absolute Gasteiger partial charge is 0.222 e. The molecule has 0 aromatic carbocycles. The average Bonchev–Trinajstić information content (AvgIpc) is 3.17. The molecule has 5 atom stereocenters. The number of hydrogen-bond donors (Lipinski definition) is 2. The summed E-state index contributed by atoms with van der Waals surface area (Å²) in [5, 5.41) is 5.93. The van der Waals surface area contributed by atoms with Gasteiger partial charge in [0.15, 0.2) is 6.17 Å². The van der Waals surface area contributed by atoms with Gasteiger partial charge in [-0.15, -0.1) is 11.6 Å². The summed E-state index contributed by atoms with van der Waals surface area (Å²) in [6.07, 6.45) is 12.6. The fourth-order valence-corrected chi connectivity index (χ4v) is 5.83. The van der Waals surface area contributed by atoms with Crippen LogP contribution in [-0.2, 0) is 4.79 Å². The molecule has 3 aliphatic heterocycles. The van der Waals surface area contributed by atoms with Crippen molar-refractivity contribution in [2.75, 3.05) is 26.2 Å². The van der Waals surface area contributed by atoms with Gasteiger partial charge in [-0.3, -0.25) is 14.8 Å². The number of halogens is 2. The number of carbonyl (C=O) groups is 1. The van der Waals surface area contributed by atoms with Gasteiger partial charge in [0, 0.05) is 55.7 Å². The number of hydrogen-bond acceptors (Lipinski definition) is 5. The number of piperidine rings is 1. The highest BCUT2D eigenvalue weighted by Gasteiger charge is 2.38. The molecule has 0 aromatic rings. The van der Waals surface area contributed by atoms with Crippen LogP contribution in [0.5, 0.6) is 0 Å². The molecule has 0 radical (unpaired) electrons. The van der Waals surface area contributed by atoms with Crippen LogP contribution in [0.15, 0.2) is 29.0 Å². The molecule has 0 saturated carbocycles. The fraction of sp³-hybridized carbons (Fsp3) is 0.750. The third-order valence-corrected chi connectivity index (χ3v) is 8.22. The number of alkyl halides is 2. The van der Waals surface area contributed by atoms with E-state index in [1.807, 2.05) is 0 Å². The van der Waals surface area contributed by atoms with E-state index in [2.05, 4.69) is 68.7 Å². The zero-order valence-electron chi connectivity index (χ0n) is 19.3. The first kappa shape index (κ1) is 24.1. The van der Waals surface area contributed by atoms with E-state index in [1.54, 1.807) is 0 Å². The topological polar surface area (TPSA) is 60.0 Å². The molecule has 0 aromatic heterocycles. The molecule has 0 bridgehead atoms. The molecule has 2 saturated heterocycles. The third-order valence-electron chi connectivity index (χ3n) is 6.93. The number of nitrogens with zero attached hydrogens (tertiary/aromatic N) is 3. The van der Waals surface area contributed by atoms with E-state index in [4.69, 9.17) is 16.6 Å². The third kappa shape index (κ3) is 5.71. The first-order chi connectivity index (χ1) is 15.4. The predicted molar refractivity (Wildman–Crippen MR) is 135 cm³/mol. The zero-order chi connectivity index (χ0) is 22.7. The van der Waals surface area contributed by atoms with Gasteiger partial charge in [-0.05, 0) is 43.9 Å². The molecule has 1 aliphatic carbocycles. The maximum absolute atomic E-state index is 12.6. The lowest BCUT2D eigenvalue weighted by molar-refractivity contribution is -0.133. The number of aliphatic imine (C=N–C) groups is 1. The lowest BCUT2D eigenvalue weighted by atomic mass is 9.90. The van der Waals surface area contributed by atoms with Crippen LogP contribution in [0.1, 0.15) is 52.4 Å². The van der Waals surface area contributed by atoms with Gasteiger partial charge in [0.2, 0.25) is 5.91 Å². The molecule has 2 fully saturated rings. The van der Waals surface area contributed by atoms with E-state index in [9.17, 15) is 4.79 Å². The van der Waals surface area contributed by atoms with E-state index in [1.165, 1.54) is 0 Å². The Morgan fingerprint density at radius 1 is 1.41 bits per heavy atom. The Balaban J connectivity index is 1.40. The van der Waals surface area contributed by atoms with Crippen molar-refractivity contribution < 1.29 is 4.79 Å². The molecule has 178 valence electrons. The van der Waals surface area contributed by atoms with E-state index in [0.29, 0.717) is 24.2 Å². The molecule has 8 heteroatoms. The maximum atomic E-state index is 12.6. The van der Waals surface area contributed by atoms with Crippen LogP contribution < -0.4 is 10.7 Å². The molecule has 2 N–H and O–H groups in total. The van der Waals surface area contributed by atoms with Gasteiger partial charge in [-0.25, -0.2) is 5.43 Å². The highest BCUT2D eigenvalue weighted by Crippen LogP contribution is 2.31. The van der Waals surface area contributed by atoms with E-state index < -0.39 is 0 Å². The van der Waals surface area contributed by atoms with Crippen LogP contribution >= 0.6 is 27.5 Å². The Bertz CT molecular complexity index is 769. The lowest BCUT2D eigenvalue weighted by Gasteiger charge is -2.36. The van der Waals surface area contributed by atoms with Crippen LogP contribution in [0, 0.1) is 17.8 Å². The van der Waals surface area contributed by atoms with Gasteiger partial charge in [0.05, 0.1) is 4.83 Å². The maximum Gasteiger partial charge on any atom is 0.222 e. The summed E-state index contributed by atoms with van der Waals surface area (Å²) in [4.78, 5) is 20.0. The summed E-state index contributed by atoms with van der Waals surface area (Å²) in [6, 6.07) is 0. The highest BCUT2D eigenvalue weighted by molar-refractivity contribution is 9.09. The zero-order valence-corrected chi connectivity index (χ0v) is 21.6. The fourth-order valence-electron chi connectivity index (χ4n) is 4.99. The second-order valence-electron chi connectivity index (χ2n) is 9.95. The summed E-state index contributed by atoms with van der Waals surface area (Å²) >= 11 is 10.5. The molecule has 32 heavy (non-hydrogen) atoms. The van der Waals surface area contributed by atoms with E-state index in [-0.39, 0.29) is 22.3 Å². The summed E-state index contributed by atoms with van der Waals surface area (Å²) in [6.45, 7) is 7.81. The largest absolute Gasteiger partial charge is 0.370 e. The van der Waals surface area contributed by atoms with Crippen molar-refractivity contribution in [2.45, 2.75) is 68.7 Å². The van der Waals surface area contributed by atoms with Gasteiger partial charge in [0.25, 0.3) is 0 Å². The van der Waals surface area contributed by atoms with Gasteiger partial charge >= 0.3 is 0 Å². The van der Waals surface area contributed by atoms with Crippen LogP contribution in [0.2, 0.25) is 0 Å². The highest BCUT2D eigenvalue weighted by atomic mass is 79.9. The summed E-state index contributed by atoms with van der Waals surface area (Å²) in [5.74, 6) is 2.57. The van der Waals surface area contributed by atoms with E-state index in [0.717, 1.165) is 69.8 Å². The van der Waals surface area contributed by atoms with Crippen molar-refractivity contribution in [3.63, 3.8) is 0 Å². The number of rotatable bonds is 7. The predicted octanol–water partition coefficient (Wildman–Crippen LogP) is 4.03. The molecule has 3 heterocycles. The number of amides is 1. The van der Waals surface area contributed by atoms with Gasteiger partial charge in [-0.1, -0.05) is 41.9 Å². The summed E-state index contributed by atoms with van der Waals surface area (Å²) in [5.41, 5.74) is 4.53. The average molecular weight is 527 g/mol. The first-order valence-corrected chi connectivity index (χ1v) is 13.6. The second kappa shape index (κ2) is 10.9. The SMILES string of the molecule is CC(C)CCC(=O)N1CCCC(CNC2=CC(C3C=CCCC3Cl)=NC3C(Br)CNN23)C1. The molecule has 1 amide bonds. The number of nitrogens with one attached hydrogen (secondary N) is 2. The Morgan fingerprint density at radius 3 is 3.03 bits per heavy atom. The molecular weight excluding hydrogens is 490 g/mol. The standard InChI is InChI=1S/C24H37BrClN5O/c1-16(2)9-10-23(32)30-11-5-6-17(15-30)13-27-22-12-21(18-7-3-4-8-20(18)26)29-24-19(25)14-28-31(22)24/h3,7,12,16-20,24,27-28H,4-6,8-11,13-15H2,1-2H3. The van der Waals surface area contributed by atoms with Crippen LogP contribution in [-0.4, -0.2) is 64.1 Å². The van der Waals surface area contributed by atoms with Crippen molar-refractivity contribution in [2.24, 2.45) is 22.7 Å². The Morgan fingerprint density at radius 2 is 2.25 bits per heavy atom. The number of likely N-dealkylation sites (tertiary alicyclic amines) is 1. The molecular formula is C24H37BrClN5O. The number of hydrazine groups is 1. The lowest BCUT2D eigenvalue weighted by Crippen LogP contribution is -2.48. The molecule has 0 spiro atoms. The Labute approximate surface area is 206 Å². The van der Waals surface area contributed by atoms with Crippen LogP contribution in [0.4, 0.5) is 0 Å². The minimum Gasteiger partial charge on any atom is -0.370 e. The van der Waals surface area contributed by atoms with Crippen molar-refractivity contribution in [3.8, 4) is 0 Å². The molecule has 6 nitrogen and oxygen atoms in total. The quantitative estimate of drug-likeness (QED) is 0.388. The van der Waals surface area contributed by atoms with Gasteiger partial charge < -0.3 is 10.2 Å². The molecule has 4 rings (SSSR count). The van der Waals surface area contributed by atoms with Gasteiger partial charge in [0.1, 0.15) is 5.82 Å². The van der Waals surface area contributed by atoms with Crippen molar-refractivity contribution in [1.82, 2.24) is 20.7 Å². The summed E-state index contributed by atoms with van der Waals surface area (Å²) in [7, 11) is 0. The monoisotopic (exact) mass is 525 g/mol. The molecule has 5 unspecified atom stereocenters. The minimum absolute atomic E-state index is 0.0251. The van der Waals surface area contributed by atoms with Gasteiger partial charge in [-0.2, -0.15) is 0 Å². The Kier molecular flexibility index (Phi) is 8.22. The van der Waals surface area contributed by atoms with Crippen molar-refractivity contribution in [3.05, 3.63) is 24.0 Å². The van der Waals surface area contributed by atoms with Crippen LogP contribution in [0.3, 0.4) is 0 Å². The normalized spacial score (nSPS) is 32.6.